The topological polar surface area (TPSA) is 35.5 Å². The Morgan fingerprint density at radius 1 is 1.31 bits per heavy atom. The Labute approximate surface area is 122 Å². The minimum atomic E-state index is -1.14. The first-order valence-corrected chi connectivity index (χ1v) is 6.15. The first-order chi connectivity index (χ1) is 7.36. The molecular formula is C11H15NaO3S. The number of benzene rings is 1. The minimum Gasteiger partial charge on any atom is -1.00 e. The Morgan fingerprint density at radius 3 is 2.62 bits per heavy atom. The summed E-state index contributed by atoms with van der Waals surface area (Å²) in [6.45, 7) is 0.612. The Bertz CT molecular complexity index is 333. The normalized spacial score (nSPS) is 16.5. The van der Waals surface area contributed by atoms with E-state index in [1.165, 1.54) is 0 Å². The third-order valence-corrected chi connectivity index (χ3v) is 3.50. The molecule has 0 N–H and O–H groups in total. The van der Waals surface area contributed by atoms with Crippen LogP contribution in [0.5, 0.6) is 0 Å². The van der Waals surface area contributed by atoms with E-state index in [2.05, 4.69) is 0 Å². The molecule has 1 saturated carbocycles. The van der Waals surface area contributed by atoms with Crippen molar-refractivity contribution in [2.45, 2.75) is 24.7 Å². The van der Waals surface area contributed by atoms with Crippen molar-refractivity contribution in [1.82, 2.24) is 0 Å². The van der Waals surface area contributed by atoms with Crippen LogP contribution >= 0.6 is 0 Å². The number of hydrogen-bond donors (Lipinski definition) is 0. The van der Waals surface area contributed by atoms with Crippen molar-refractivity contribution in [3.05, 3.63) is 35.9 Å². The first kappa shape index (κ1) is 14.4. The molecule has 0 radical (unpaired) electrons. The van der Waals surface area contributed by atoms with Crippen LogP contribution in [0.3, 0.4) is 0 Å². The second kappa shape index (κ2) is 7.58. The monoisotopic (exact) mass is 250 g/mol. The average molecular weight is 250 g/mol. The van der Waals surface area contributed by atoms with E-state index in [0.29, 0.717) is 6.61 Å². The molecule has 0 aromatic heterocycles. The molecule has 0 saturated heterocycles. The minimum absolute atomic E-state index is 0. The van der Waals surface area contributed by atoms with Crippen LogP contribution in [0.4, 0.5) is 0 Å². The molecule has 0 spiro atoms. The molecule has 1 aromatic carbocycles. The van der Waals surface area contributed by atoms with Gasteiger partial charge in [0.05, 0.1) is 11.9 Å². The van der Waals surface area contributed by atoms with E-state index in [-0.39, 0.29) is 43.0 Å². The standard InChI is InChI=1S/C11H14O3S.Na.H/c12-15(11-6-7-11)14-9-13-8-10-4-2-1-3-5-10;;/h1-5,11H,6-9H2;;/q;+1;-1. The maximum Gasteiger partial charge on any atom is 1.00 e. The van der Waals surface area contributed by atoms with Crippen LogP contribution in [0, 0.1) is 0 Å². The zero-order valence-corrected chi connectivity index (χ0v) is 12.2. The molecule has 0 heterocycles. The second-order valence-electron chi connectivity index (χ2n) is 3.53. The maximum atomic E-state index is 11.2. The van der Waals surface area contributed by atoms with Crippen LogP contribution in [0.25, 0.3) is 0 Å². The Kier molecular flexibility index (Phi) is 6.80. The number of ether oxygens (including phenoxy) is 1. The van der Waals surface area contributed by atoms with Gasteiger partial charge in [-0.1, -0.05) is 30.3 Å². The number of hydrogen-bond acceptors (Lipinski definition) is 3. The van der Waals surface area contributed by atoms with E-state index in [4.69, 9.17) is 8.92 Å². The molecule has 0 bridgehead atoms. The molecule has 1 fully saturated rings. The summed E-state index contributed by atoms with van der Waals surface area (Å²) in [5.41, 5.74) is 1.10. The molecule has 1 atom stereocenters. The van der Waals surface area contributed by atoms with E-state index < -0.39 is 11.1 Å². The molecule has 16 heavy (non-hydrogen) atoms. The van der Waals surface area contributed by atoms with Gasteiger partial charge in [0.25, 0.3) is 0 Å². The molecular weight excluding hydrogens is 235 g/mol. The van der Waals surface area contributed by atoms with Crippen molar-refractivity contribution in [2.24, 2.45) is 0 Å². The summed E-state index contributed by atoms with van der Waals surface area (Å²) in [6.07, 6.45) is 2.04. The van der Waals surface area contributed by atoms with Crippen LogP contribution in [0.2, 0.25) is 0 Å². The molecule has 5 heteroatoms. The quantitative estimate of drug-likeness (QED) is 0.374. The summed E-state index contributed by atoms with van der Waals surface area (Å²) in [5.74, 6) is 0. The summed E-state index contributed by atoms with van der Waals surface area (Å²) >= 11 is -1.14. The van der Waals surface area contributed by atoms with E-state index >= 15 is 0 Å². The zero-order valence-electron chi connectivity index (χ0n) is 10.4. The Hall–Kier alpha value is 0.290. The van der Waals surface area contributed by atoms with Crippen LogP contribution in [0.1, 0.15) is 19.8 Å². The third kappa shape index (κ3) is 5.08. The molecule has 2 rings (SSSR count). The maximum absolute atomic E-state index is 11.2. The largest absolute Gasteiger partial charge is 1.00 e. The van der Waals surface area contributed by atoms with Crippen molar-refractivity contribution in [2.75, 3.05) is 6.79 Å². The Morgan fingerprint density at radius 2 is 2.00 bits per heavy atom. The van der Waals surface area contributed by atoms with Gasteiger partial charge >= 0.3 is 29.6 Å². The second-order valence-corrected chi connectivity index (χ2v) is 4.95. The van der Waals surface area contributed by atoms with Gasteiger partial charge < -0.3 is 6.16 Å². The van der Waals surface area contributed by atoms with E-state index in [0.717, 1.165) is 18.4 Å². The number of rotatable bonds is 6. The van der Waals surface area contributed by atoms with Gasteiger partial charge in [0, 0.05) is 0 Å². The summed E-state index contributed by atoms with van der Waals surface area (Å²) < 4.78 is 21.5. The zero-order chi connectivity index (χ0) is 10.5. The fraction of sp³-hybridized carbons (Fsp3) is 0.455. The summed E-state index contributed by atoms with van der Waals surface area (Å²) in [6, 6.07) is 9.85. The van der Waals surface area contributed by atoms with Gasteiger partial charge in [-0.3, -0.25) is 4.18 Å². The molecule has 0 aliphatic heterocycles. The van der Waals surface area contributed by atoms with Crippen LogP contribution in [0.15, 0.2) is 30.3 Å². The van der Waals surface area contributed by atoms with Gasteiger partial charge in [0.15, 0.2) is 17.9 Å². The summed E-state index contributed by atoms with van der Waals surface area (Å²) in [5, 5.41) is 0.255. The predicted octanol–water partition coefficient (Wildman–Crippen LogP) is -0.880. The molecule has 1 aliphatic rings. The molecule has 1 unspecified atom stereocenters. The van der Waals surface area contributed by atoms with Gasteiger partial charge in [-0.05, 0) is 18.4 Å². The van der Waals surface area contributed by atoms with Gasteiger partial charge in [-0.25, -0.2) is 4.21 Å². The molecule has 84 valence electrons. The van der Waals surface area contributed by atoms with E-state index in [1.54, 1.807) is 0 Å². The van der Waals surface area contributed by atoms with E-state index in [9.17, 15) is 4.21 Å². The first-order valence-electron chi connectivity index (χ1n) is 5.02. The molecule has 0 amide bonds. The fourth-order valence-electron chi connectivity index (χ4n) is 1.17. The Balaban J connectivity index is 0.00000128. The summed E-state index contributed by atoms with van der Waals surface area (Å²) in [7, 11) is 0. The fourth-order valence-corrected chi connectivity index (χ4v) is 2.05. The van der Waals surface area contributed by atoms with Crippen molar-refractivity contribution >= 4 is 11.1 Å². The van der Waals surface area contributed by atoms with Crippen molar-refractivity contribution in [1.29, 1.82) is 0 Å². The van der Waals surface area contributed by atoms with Crippen molar-refractivity contribution < 1.29 is 44.1 Å². The smallest absolute Gasteiger partial charge is 1.00 e. The van der Waals surface area contributed by atoms with E-state index in [1.807, 2.05) is 30.3 Å². The van der Waals surface area contributed by atoms with Crippen LogP contribution in [-0.4, -0.2) is 16.3 Å². The SMILES string of the molecule is O=S(OCOCc1ccccc1)C1CC1.[H-].[Na+]. The average Bonchev–Trinajstić information content (AvgIpc) is 3.09. The third-order valence-electron chi connectivity index (χ3n) is 2.16. The summed E-state index contributed by atoms with van der Waals surface area (Å²) in [4.78, 5) is 0. The molecule has 3 nitrogen and oxygen atoms in total. The van der Waals surface area contributed by atoms with Crippen LogP contribution in [-0.2, 0) is 26.6 Å². The molecule has 1 aliphatic carbocycles. The van der Waals surface area contributed by atoms with Gasteiger partial charge in [-0.15, -0.1) is 0 Å². The predicted molar refractivity (Wildman–Crippen MR) is 59.5 cm³/mol. The van der Waals surface area contributed by atoms with Gasteiger partial charge in [0.1, 0.15) is 0 Å². The van der Waals surface area contributed by atoms with Gasteiger partial charge in [-0.2, -0.15) is 0 Å². The van der Waals surface area contributed by atoms with Gasteiger partial charge in [0.2, 0.25) is 0 Å². The molecule has 1 aromatic rings. The van der Waals surface area contributed by atoms with Crippen LogP contribution < -0.4 is 29.6 Å². The van der Waals surface area contributed by atoms with Crippen molar-refractivity contribution in [3.8, 4) is 0 Å². The van der Waals surface area contributed by atoms with Crippen molar-refractivity contribution in [3.63, 3.8) is 0 Å².